The van der Waals surface area contributed by atoms with E-state index in [2.05, 4.69) is 4.98 Å². The first-order valence-electron chi connectivity index (χ1n) is 5.18. The van der Waals surface area contributed by atoms with Crippen LogP contribution in [0.25, 0.3) is 11.1 Å². The van der Waals surface area contributed by atoms with Crippen LogP contribution < -0.4 is 10.2 Å². The van der Waals surface area contributed by atoms with Crippen molar-refractivity contribution in [3.63, 3.8) is 0 Å². The SMILES string of the molecule is COc1ccc(-c2ccccc2B(O)O)cn1. The lowest BCUT2D eigenvalue weighted by Gasteiger charge is -2.08. The number of benzene rings is 1. The summed E-state index contributed by atoms with van der Waals surface area (Å²) in [6, 6.07) is 10.6. The van der Waals surface area contributed by atoms with Gasteiger partial charge in [-0.2, -0.15) is 0 Å². The molecule has 5 heteroatoms. The molecule has 2 rings (SSSR count). The van der Waals surface area contributed by atoms with Gasteiger partial charge in [0.15, 0.2) is 0 Å². The molecule has 0 aliphatic heterocycles. The Morgan fingerprint density at radius 2 is 1.88 bits per heavy atom. The number of ether oxygens (including phenoxy) is 1. The van der Waals surface area contributed by atoms with Crippen LogP contribution in [0, 0.1) is 0 Å². The average molecular weight is 229 g/mol. The highest BCUT2D eigenvalue weighted by molar-refractivity contribution is 6.60. The van der Waals surface area contributed by atoms with Gasteiger partial charge < -0.3 is 14.8 Å². The van der Waals surface area contributed by atoms with Gasteiger partial charge in [-0.05, 0) is 22.7 Å². The van der Waals surface area contributed by atoms with Crippen LogP contribution in [0.3, 0.4) is 0 Å². The van der Waals surface area contributed by atoms with Crippen LogP contribution in [0.1, 0.15) is 0 Å². The van der Waals surface area contributed by atoms with E-state index in [1.54, 1.807) is 31.5 Å². The molecule has 0 unspecified atom stereocenters. The number of hydrogen-bond acceptors (Lipinski definition) is 4. The van der Waals surface area contributed by atoms with E-state index in [1.807, 2.05) is 18.2 Å². The molecule has 2 aromatic rings. The first kappa shape index (κ1) is 11.6. The number of hydrogen-bond donors (Lipinski definition) is 2. The van der Waals surface area contributed by atoms with Crippen molar-refractivity contribution in [2.75, 3.05) is 7.11 Å². The summed E-state index contributed by atoms with van der Waals surface area (Å²) < 4.78 is 4.97. The molecule has 0 fully saturated rings. The molecule has 86 valence electrons. The summed E-state index contributed by atoms with van der Waals surface area (Å²) in [5, 5.41) is 18.6. The lowest BCUT2D eigenvalue weighted by atomic mass is 9.76. The van der Waals surface area contributed by atoms with Gasteiger partial charge in [-0.25, -0.2) is 4.98 Å². The molecule has 0 aliphatic carbocycles. The first-order chi connectivity index (χ1) is 8.22. The minimum atomic E-state index is -1.49. The molecule has 0 aliphatic rings. The fourth-order valence-electron chi connectivity index (χ4n) is 1.65. The van der Waals surface area contributed by atoms with Gasteiger partial charge in [0.05, 0.1) is 7.11 Å². The summed E-state index contributed by atoms with van der Waals surface area (Å²) in [5.41, 5.74) is 2.02. The fraction of sp³-hybridized carbons (Fsp3) is 0.0833. The van der Waals surface area contributed by atoms with Gasteiger partial charge in [0.1, 0.15) is 0 Å². The standard InChI is InChI=1S/C12H12BNO3/c1-17-12-7-6-9(8-14-12)10-4-2-3-5-11(10)13(15)16/h2-8,15-16H,1H3. The highest BCUT2D eigenvalue weighted by Gasteiger charge is 2.16. The monoisotopic (exact) mass is 229 g/mol. The van der Waals surface area contributed by atoms with Gasteiger partial charge >= 0.3 is 7.12 Å². The molecule has 1 heterocycles. The largest absolute Gasteiger partial charge is 0.489 e. The molecule has 0 saturated carbocycles. The molecular formula is C12H12BNO3. The third-order valence-electron chi connectivity index (χ3n) is 2.50. The minimum Gasteiger partial charge on any atom is -0.481 e. The van der Waals surface area contributed by atoms with E-state index in [4.69, 9.17) is 4.74 Å². The molecule has 17 heavy (non-hydrogen) atoms. The van der Waals surface area contributed by atoms with Gasteiger partial charge in [0.25, 0.3) is 0 Å². The van der Waals surface area contributed by atoms with E-state index in [0.29, 0.717) is 11.3 Å². The molecule has 0 spiro atoms. The van der Waals surface area contributed by atoms with E-state index in [0.717, 1.165) is 11.1 Å². The van der Waals surface area contributed by atoms with Crippen molar-refractivity contribution in [3.8, 4) is 17.0 Å². The average Bonchev–Trinajstić information content (AvgIpc) is 2.39. The zero-order valence-corrected chi connectivity index (χ0v) is 9.37. The molecule has 2 N–H and O–H groups in total. The topological polar surface area (TPSA) is 62.6 Å². The van der Waals surface area contributed by atoms with Crippen molar-refractivity contribution in [1.82, 2.24) is 4.98 Å². The second kappa shape index (κ2) is 4.99. The Bertz CT molecular complexity index is 499. The maximum atomic E-state index is 9.28. The lowest BCUT2D eigenvalue weighted by Crippen LogP contribution is -2.31. The molecule has 1 aromatic carbocycles. The Kier molecular flexibility index (Phi) is 3.42. The second-order valence-corrected chi connectivity index (χ2v) is 3.55. The number of rotatable bonds is 3. The van der Waals surface area contributed by atoms with E-state index in [9.17, 15) is 10.0 Å². The van der Waals surface area contributed by atoms with Gasteiger partial charge in [-0.3, -0.25) is 0 Å². The normalized spacial score (nSPS) is 10.1. The van der Waals surface area contributed by atoms with Crippen molar-refractivity contribution in [3.05, 3.63) is 42.6 Å². The quantitative estimate of drug-likeness (QED) is 0.749. The van der Waals surface area contributed by atoms with Gasteiger partial charge in [0.2, 0.25) is 5.88 Å². The summed E-state index contributed by atoms with van der Waals surface area (Å²) in [7, 11) is 0.0567. The van der Waals surface area contributed by atoms with Crippen molar-refractivity contribution >= 4 is 12.6 Å². The van der Waals surface area contributed by atoms with E-state index in [1.165, 1.54) is 0 Å². The summed E-state index contributed by atoms with van der Waals surface area (Å²) >= 11 is 0. The predicted octanol–water partition coefficient (Wildman–Crippen LogP) is 0.437. The van der Waals surface area contributed by atoms with Crippen LogP contribution in [-0.4, -0.2) is 29.3 Å². The van der Waals surface area contributed by atoms with Crippen LogP contribution in [0.4, 0.5) is 0 Å². The van der Waals surface area contributed by atoms with Crippen LogP contribution in [0.2, 0.25) is 0 Å². The van der Waals surface area contributed by atoms with Crippen LogP contribution >= 0.6 is 0 Å². The maximum Gasteiger partial charge on any atom is 0.489 e. The zero-order chi connectivity index (χ0) is 12.3. The Morgan fingerprint density at radius 1 is 1.12 bits per heavy atom. The number of methoxy groups -OCH3 is 1. The Balaban J connectivity index is 2.45. The van der Waals surface area contributed by atoms with Gasteiger partial charge in [-0.1, -0.05) is 24.3 Å². The highest BCUT2D eigenvalue weighted by atomic mass is 16.5. The van der Waals surface area contributed by atoms with E-state index >= 15 is 0 Å². The maximum absolute atomic E-state index is 9.28. The summed E-state index contributed by atoms with van der Waals surface area (Å²) in [6.45, 7) is 0. The van der Waals surface area contributed by atoms with Crippen LogP contribution in [0.15, 0.2) is 42.6 Å². The van der Waals surface area contributed by atoms with Crippen LogP contribution in [-0.2, 0) is 0 Å². The smallest absolute Gasteiger partial charge is 0.481 e. The van der Waals surface area contributed by atoms with E-state index in [-0.39, 0.29) is 0 Å². The molecule has 1 aromatic heterocycles. The number of aromatic nitrogens is 1. The molecule has 0 saturated heterocycles. The van der Waals surface area contributed by atoms with Crippen molar-refractivity contribution in [1.29, 1.82) is 0 Å². The summed E-state index contributed by atoms with van der Waals surface area (Å²) in [4.78, 5) is 4.09. The van der Waals surface area contributed by atoms with Crippen molar-refractivity contribution in [2.45, 2.75) is 0 Å². The Hall–Kier alpha value is -1.85. The third kappa shape index (κ3) is 2.46. The fourth-order valence-corrected chi connectivity index (χ4v) is 1.65. The molecular weight excluding hydrogens is 217 g/mol. The summed E-state index contributed by atoms with van der Waals surface area (Å²) in [6.07, 6.45) is 1.64. The van der Waals surface area contributed by atoms with Gasteiger partial charge in [-0.15, -0.1) is 0 Å². The number of nitrogens with zero attached hydrogens (tertiary/aromatic N) is 1. The molecule has 4 nitrogen and oxygen atoms in total. The number of pyridine rings is 1. The van der Waals surface area contributed by atoms with Crippen molar-refractivity contribution in [2.24, 2.45) is 0 Å². The van der Waals surface area contributed by atoms with E-state index < -0.39 is 7.12 Å². The lowest BCUT2D eigenvalue weighted by molar-refractivity contribution is 0.398. The highest BCUT2D eigenvalue weighted by Crippen LogP contribution is 2.18. The summed E-state index contributed by atoms with van der Waals surface area (Å²) in [5.74, 6) is 0.524. The Labute approximate surface area is 99.7 Å². The zero-order valence-electron chi connectivity index (χ0n) is 9.37. The molecule has 0 radical (unpaired) electrons. The van der Waals surface area contributed by atoms with Gasteiger partial charge in [0, 0.05) is 12.3 Å². The predicted molar refractivity (Wildman–Crippen MR) is 66.1 cm³/mol. The molecule has 0 amide bonds. The molecule has 0 bridgehead atoms. The van der Waals surface area contributed by atoms with Crippen LogP contribution in [0.5, 0.6) is 5.88 Å². The third-order valence-corrected chi connectivity index (χ3v) is 2.50. The van der Waals surface area contributed by atoms with Crippen molar-refractivity contribution < 1.29 is 14.8 Å². The second-order valence-electron chi connectivity index (χ2n) is 3.55. The Morgan fingerprint density at radius 3 is 2.47 bits per heavy atom. The minimum absolute atomic E-state index is 0.458. The molecule has 0 atom stereocenters. The first-order valence-corrected chi connectivity index (χ1v) is 5.18.